The van der Waals surface area contributed by atoms with Gasteiger partial charge in [0.05, 0.1) is 10.0 Å². The van der Waals surface area contributed by atoms with E-state index < -0.39 is 0 Å². The second-order valence-corrected chi connectivity index (χ2v) is 4.16. The predicted octanol–water partition coefficient (Wildman–Crippen LogP) is 2.48. The number of halogens is 2. The van der Waals surface area contributed by atoms with Gasteiger partial charge in [-0.2, -0.15) is 9.78 Å². The van der Waals surface area contributed by atoms with E-state index >= 15 is 0 Å². The molecule has 0 unspecified atom stereocenters. The van der Waals surface area contributed by atoms with E-state index in [1.165, 1.54) is 25.3 Å². The summed E-state index contributed by atoms with van der Waals surface area (Å²) >= 11 is 11.6. The second kappa shape index (κ2) is 4.35. The van der Waals surface area contributed by atoms with Gasteiger partial charge in [0.15, 0.2) is 11.6 Å². The van der Waals surface area contributed by atoms with E-state index in [0.717, 1.165) is 4.68 Å². The van der Waals surface area contributed by atoms with E-state index in [1.54, 1.807) is 0 Å². The molecule has 0 aromatic carbocycles. The average Bonchev–Trinajstić information content (AvgIpc) is 2.61. The van der Waals surface area contributed by atoms with Gasteiger partial charge in [0, 0.05) is 19.2 Å². The van der Waals surface area contributed by atoms with Crippen molar-refractivity contribution in [3.8, 4) is 11.7 Å². The standard InChI is InChI=1S/C10H7Cl2N3O2/c1-5(16)8-3-9(17)15(14-8)10-7(12)2-6(11)4-13-10/h2-4,17H,1H3. The zero-order valence-electron chi connectivity index (χ0n) is 8.69. The minimum atomic E-state index is -0.260. The van der Waals surface area contributed by atoms with E-state index in [0.29, 0.717) is 5.02 Å². The zero-order chi connectivity index (χ0) is 12.6. The van der Waals surface area contributed by atoms with Crippen LogP contribution in [0.1, 0.15) is 17.4 Å². The van der Waals surface area contributed by atoms with E-state index in [1.807, 2.05) is 0 Å². The fourth-order valence-electron chi connectivity index (χ4n) is 1.26. The summed E-state index contributed by atoms with van der Waals surface area (Å²) in [5, 5.41) is 14.1. The first-order valence-corrected chi connectivity index (χ1v) is 5.36. The summed E-state index contributed by atoms with van der Waals surface area (Å²) in [6.45, 7) is 1.35. The van der Waals surface area contributed by atoms with Gasteiger partial charge < -0.3 is 5.11 Å². The molecule has 0 bridgehead atoms. The largest absolute Gasteiger partial charge is 0.493 e. The molecule has 2 aromatic rings. The molecule has 0 atom stereocenters. The number of rotatable bonds is 2. The van der Waals surface area contributed by atoms with E-state index in [-0.39, 0.29) is 28.2 Å². The Bertz CT molecular complexity index is 595. The number of hydrogen-bond donors (Lipinski definition) is 1. The topological polar surface area (TPSA) is 68.0 Å². The molecule has 0 spiro atoms. The Morgan fingerprint density at radius 1 is 1.41 bits per heavy atom. The van der Waals surface area contributed by atoms with Gasteiger partial charge in [-0.25, -0.2) is 4.98 Å². The molecular weight excluding hydrogens is 265 g/mol. The number of nitrogens with zero attached hydrogens (tertiary/aromatic N) is 3. The Balaban J connectivity index is 2.56. The van der Waals surface area contributed by atoms with E-state index in [4.69, 9.17) is 23.2 Å². The van der Waals surface area contributed by atoms with Gasteiger partial charge in [-0.15, -0.1) is 0 Å². The molecule has 2 aromatic heterocycles. The smallest absolute Gasteiger partial charge is 0.216 e. The van der Waals surface area contributed by atoms with Gasteiger partial charge in [-0.3, -0.25) is 4.79 Å². The number of ketones is 1. The maximum absolute atomic E-state index is 11.1. The summed E-state index contributed by atoms with van der Waals surface area (Å²) in [4.78, 5) is 15.1. The fraction of sp³-hybridized carbons (Fsp3) is 0.100. The second-order valence-electron chi connectivity index (χ2n) is 3.31. The number of aromatic nitrogens is 3. The van der Waals surface area contributed by atoms with Crippen LogP contribution in [0.5, 0.6) is 5.88 Å². The van der Waals surface area contributed by atoms with Gasteiger partial charge >= 0.3 is 0 Å². The first-order chi connectivity index (χ1) is 7.99. The Kier molecular flexibility index (Phi) is 3.04. The lowest BCUT2D eigenvalue weighted by atomic mass is 10.3. The highest BCUT2D eigenvalue weighted by molar-refractivity contribution is 6.35. The minimum absolute atomic E-state index is 0.135. The third-order valence-electron chi connectivity index (χ3n) is 2.04. The highest BCUT2D eigenvalue weighted by Gasteiger charge is 2.15. The van der Waals surface area contributed by atoms with Gasteiger partial charge in [0.25, 0.3) is 0 Å². The number of carbonyl (C=O) groups excluding carboxylic acids is 1. The zero-order valence-corrected chi connectivity index (χ0v) is 10.2. The molecule has 1 N–H and O–H groups in total. The van der Waals surface area contributed by atoms with Crippen molar-refractivity contribution in [3.05, 3.63) is 34.1 Å². The molecule has 0 aliphatic heterocycles. The van der Waals surface area contributed by atoms with Crippen molar-refractivity contribution in [2.45, 2.75) is 6.92 Å². The SMILES string of the molecule is CC(=O)c1cc(O)n(-c2ncc(Cl)cc2Cl)n1. The molecule has 0 fully saturated rings. The van der Waals surface area contributed by atoms with Crippen LogP contribution in [0.3, 0.4) is 0 Å². The summed E-state index contributed by atoms with van der Waals surface area (Å²) < 4.78 is 1.08. The maximum atomic E-state index is 11.1. The minimum Gasteiger partial charge on any atom is -0.493 e. The Morgan fingerprint density at radius 2 is 2.12 bits per heavy atom. The van der Waals surface area contributed by atoms with Crippen molar-refractivity contribution < 1.29 is 9.90 Å². The van der Waals surface area contributed by atoms with Crippen LogP contribution in [0, 0.1) is 0 Å². The molecule has 17 heavy (non-hydrogen) atoms. The third-order valence-corrected chi connectivity index (χ3v) is 2.53. The molecule has 0 amide bonds. The molecule has 0 saturated carbocycles. The molecular formula is C10H7Cl2N3O2. The Hall–Kier alpha value is -1.59. The lowest BCUT2D eigenvalue weighted by Gasteiger charge is -2.04. The van der Waals surface area contributed by atoms with Crippen LogP contribution < -0.4 is 0 Å². The lowest BCUT2D eigenvalue weighted by molar-refractivity contribution is 0.101. The molecule has 88 valence electrons. The first-order valence-electron chi connectivity index (χ1n) is 4.60. The molecule has 2 rings (SSSR count). The summed E-state index contributed by atoms with van der Waals surface area (Å²) in [7, 11) is 0. The van der Waals surface area contributed by atoms with Crippen LogP contribution >= 0.6 is 23.2 Å². The van der Waals surface area contributed by atoms with Crippen LogP contribution in [-0.2, 0) is 0 Å². The van der Waals surface area contributed by atoms with Gasteiger partial charge in [-0.1, -0.05) is 23.2 Å². The maximum Gasteiger partial charge on any atom is 0.216 e. The molecule has 0 aliphatic rings. The molecule has 0 aliphatic carbocycles. The first kappa shape index (κ1) is 11.9. The van der Waals surface area contributed by atoms with Crippen molar-refractivity contribution in [2.24, 2.45) is 0 Å². The normalized spacial score (nSPS) is 10.5. The summed E-state index contributed by atoms with van der Waals surface area (Å²) in [6, 6.07) is 2.72. The number of aromatic hydroxyl groups is 1. The lowest BCUT2D eigenvalue weighted by Crippen LogP contribution is -2.02. The quantitative estimate of drug-likeness (QED) is 0.853. The predicted molar refractivity (Wildman–Crippen MR) is 63.0 cm³/mol. The summed E-state index contributed by atoms with van der Waals surface area (Å²) in [5.74, 6) is -0.267. The monoisotopic (exact) mass is 271 g/mol. The summed E-state index contributed by atoms with van der Waals surface area (Å²) in [5.41, 5.74) is 0.135. The highest BCUT2D eigenvalue weighted by atomic mass is 35.5. The van der Waals surface area contributed by atoms with Crippen LogP contribution in [-0.4, -0.2) is 25.7 Å². The number of carbonyl (C=O) groups is 1. The molecule has 0 saturated heterocycles. The summed E-state index contributed by atoms with van der Waals surface area (Å²) in [6.07, 6.45) is 1.37. The van der Waals surface area contributed by atoms with Crippen LogP contribution in [0.25, 0.3) is 5.82 Å². The number of Topliss-reactive ketones (excluding diaryl/α,β-unsaturated/α-hetero) is 1. The van der Waals surface area contributed by atoms with Gasteiger partial charge in [0.1, 0.15) is 5.69 Å². The van der Waals surface area contributed by atoms with Crippen molar-refractivity contribution >= 4 is 29.0 Å². The van der Waals surface area contributed by atoms with E-state index in [9.17, 15) is 9.90 Å². The molecule has 7 heteroatoms. The van der Waals surface area contributed by atoms with Crippen molar-refractivity contribution in [1.82, 2.24) is 14.8 Å². The van der Waals surface area contributed by atoms with Crippen molar-refractivity contribution in [1.29, 1.82) is 0 Å². The Morgan fingerprint density at radius 3 is 2.65 bits per heavy atom. The highest BCUT2D eigenvalue weighted by Crippen LogP contribution is 2.25. The molecule has 0 radical (unpaired) electrons. The van der Waals surface area contributed by atoms with E-state index in [2.05, 4.69) is 10.1 Å². The van der Waals surface area contributed by atoms with Crippen molar-refractivity contribution in [3.63, 3.8) is 0 Å². The number of pyridine rings is 1. The average molecular weight is 272 g/mol. The molecule has 2 heterocycles. The third kappa shape index (κ3) is 2.25. The van der Waals surface area contributed by atoms with Crippen LogP contribution in [0.15, 0.2) is 18.3 Å². The van der Waals surface area contributed by atoms with Crippen LogP contribution in [0.4, 0.5) is 0 Å². The Labute approximate surface area is 107 Å². The number of hydrogen-bond acceptors (Lipinski definition) is 4. The van der Waals surface area contributed by atoms with Crippen LogP contribution in [0.2, 0.25) is 10.0 Å². The van der Waals surface area contributed by atoms with Gasteiger partial charge in [0.2, 0.25) is 5.88 Å². The fourth-order valence-corrected chi connectivity index (χ4v) is 1.72. The van der Waals surface area contributed by atoms with Crippen molar-refractivity contribution in [2.75, 3.05) is 0 Å². The van der Waals surface area contributed by atoms with Gasteiger partial charge in [-0.05, 0) is 6.07 Å². The molecule has 5 nitrogen and oxygen atoms in total.